The summed E-state index contributed by atoms with van der Waals surface area (Å²) in [4.78, 5) is 14.7. The molecule has 0 unspecified atom stereocenters. The van der Waals surface area contributed by atoms with Crippen LogP contribution in [-0.4, -0.2) is 54.1 Å². The van der Waals surface area contributed by atoms with Crippen LogP contribution in [0, 0.1) is 0 Å². The van der Waals surface area contributed by atoms with E-state index in [9.17, 15) is 4.79 Å². The van der Waals surface area contributed by atoms with Crippen LogP contribution >= 0.6 is 0 Å². The van der Waals surface area contributed by atoms with Gasteiger partial charge < -0.3 is 10.6 Å². The van der Waals surface area contributed by atoms with E-state index in [2.05, 4.69) is 0 Å². The Hall–Kier alpha value is -1.49. The number of likely N-dealkylation sites (tertiary alicyclic amines) is 1. The fourth-order valence-electron chi connectivity index (χ4n) is 2.72. The maximum absolute atomic E-state index is 12.7. The van der Waals surface area contributed by atoms with Gasteiger partial charge in [-0.1, -0.05) is 5.57 Å². The number of carbonyl (C=O) groups excluding carboxylic acids is 1. The number of nitrogens with two attached hydrogens (primary N) is 1. The SMILES string of the molecule is CC(C)=C(CN1C(N)=CCN1C)C(=O)N1CCCCC1. The predicted octanol–water partition coefficient (Wildman–Crippen LogP) is 1.30. The minimum atomic E-state index is 0.179. The molecule has 112 valence electrons. The summed E-state index contributed by atoms with van der Waals surface area (Å²) in [6, 6.07) is 0. The molecule has 2 heterocycles. The molecular weight excluding hydrogens is 252 g/mol. The van der Waals surface area contributed by atoms with Gasteiger partial charge in [-0.2, -0.15) is 0 Å². The normalized spacial score (nSPS) is 20.1. The van der Waals surface area contributed by atoms with Gasteiger partial charge in [-0.3, -0.25) is 9.80 Å². The minimum absolute atomic E-state index is 0.179. The van der Waals surface area contributed by atoms with E-state index in [0.29, 0.717) is 6.54 Å². The summed E-state index contributed by atoms with van der Waals surface area (Å²) >= 11 is 0. The number of allylic oxidation sites excluding steroid dienone is 1. The van der Waals surface area contributed by atoms with Gasteiger partial charge in [-0.05, 0) is 39.2 Å². The zero-order valence-electron chi connectivity index (χ0n) is 12.9. The number of nitrogens with zero attached hydrogens (tertiary/aromatic N) is 3. The Morgan fingerprint density at radius 2 is 1.90 bits per heavy atom. The Morgan fingerprint density at radius 1 is 1.25 bits per heavy atom. The quantitative estimate of drug-likeness (QED) is 0.791. The van der Waals surface area contributed by atoms with Crippen molar-refractivity contribution in [2.75, 3.05) is 33.2 Å². The van der Waals surface area contributed by atoms with E-state index in [1.165, 1.54) is 6.42 Å². The number of carbonyl (C=O) groups is 1. The van der Waals surface area contributed by atoms with Gasteiger partial charge in [-0.25, -0.2) is 5.01 Å². The van der Waals surface area contributed by atoms with Gasteiger partial charge in [-0.15, -0.1) is 0 Å². The zero-order chi connectivity index (χ0) is 14.7. The summed E-state index contributed by atoms with van der Waals surface area (Å²) < 4.78 is 0. The number of hydrazine groups is 1. The van der Waals surface area contributed by atoms with E-state index in [4.69, 9.17) is 5.73 Å². The maximum Gasteiger partial charge on any atom is 0.251 e. The molecule has 2 N–H and O–H groups in total. The molecule has 0 spiro atoms. The molecule has 1 fully saturated rings. The third-order valence-electron chi connectivity index (χ3n) is 4.09. The summed E-state index contributed by atoms with van der Waals surface area (Å²) in [5.74, 6) is 0.912. The van der Waals surface area contributed by atoms with Crippen molar-refractivity contribution in [3.63, 3.8) is 0 Å². The van der Waals surface area contributed by atoms with Crippen LogP contribution < -0.4 is 5.73 Å². The average Bonchev–Trinajstić information content (AvgIpc) is 2.75. The van der Waals surface area contributed by atoms with Crippen molar-refractivity contribution in [3.8, 4) is 0 Å². The predicted molar refractivity (Wildman–Crippen MR) is 80.4 cm³/mol. The fourth-order valence-corrected chi connectivity index (χ4v) is 2.72. The maximum atomic E-state index is 12.7. The lowest BCUT2D eigenvalue weighted by Gasteiger charge is -2.32. The van der Waals surface area contributed by atoms with Crippen molar-refractivity contribution in [1.82, 2.24) is 14.9 Å². The van der Waals surface area contributed by atoms with Crippen LogP contribution in [-0.2, 0) is 4.79 Å². The second-order valence-electron chi connectivity index (χ2n) is 5.86. The largest absolute Gasteiger partial charge is 0.385 e. The lowest BCUT2D eigenvalue weighted by atomic mass is 10.1. The Labute approximate surface area is 121 Å². The van der Waals surface area contributed by atoms with Crippen LogP contribution in [0.2, 0.25) is 0 Å². The molecule has 0 aliphatic carbocycles. The second kappa shape index (κ2) is 6.31. The molecule has 0 atom stereocenters. The number of amides is 1. The summed E-state index contributed by atoms with van der Waals surface area (Å²) in [5.41, 5.74) is 7.94. The monoisotopic (exact) mass is 278 g/mol. The molecule has 0 aromatic heterocycles. The average molecular weight is 278 g/mol. The zero-order valence-corrected chi connectivity index (χ0v) is 12.9. The Balaban J connectivity index is 2.10. The molecule has 5 nitrogen and oxygen atoms in total. The van der Waals surface area contributed by atoms with E-state index in [1.807, 2.05) is 41.9 Å². The first-order valence-electron chi connectivity index (χ1n) is 7.40. The summed E-state index contributed by atoms with van der Waals surface area (Å²) in [5, 5.41) is 4.02. The highest BCUT2D eigenvalue weighted by molar-refractivity contribution is 5.94. The highest BCUT2D eigenvalue weighted by Crippen LogP contribution is 2.19. The molecule has 1 saturated heterocycles. The number of hydrogen-bond acceptors (Lipinski definition) is 4. The number of likely N-dealkylation sites (N-methyl/N-ethyl adjacent to an activating group) is 1. The van der Waals surface area contributed by atoms with E-state index >= 15 is 0 Å². The summed E-state index contributed by atoms with van der Waals surface area (Å²) in [6.07, 6.45) is 5.45. The molecular formula is C15H26N4O. The Kier molecular flexibility index (Phi) is 4.70. The molecule has 0 aromatic carbocycles. The number of piperidine rings is 1. The van der Waals surface area contributed by atoms with Crippen LogP contribution in [0.4, 0.5) is 0 Å². The second-order valence-corrected chi connectivity index (χ2v) is 5.86. The molecule has 2 aliphatic heterocycles. The van der Waals surface area contributed by atoms with E-state index in [-0.39, 0.29) is 5.91 Å². The van der Waals surface area contributed by atoms with Crippen LogP contribution in [0.5, 0.6) is 0 Å². The number of hydrogen-bond donors (Lipinski definition) is 1. The standard InChI is InChI=1S/C15H26N4O/c1-12(2)13(11-19-14(16)7-10-17(19)3)15(20)18-8-5-4-6-9-18/h7H,4-6,8-11,16H2,1-3H3. The van der Waals surface area contributed by atoms with E-state index < -0.39 is 0 Å². The first-order valence-corrected chi connectivity index (χ1v) is 7.40. The van der Waals surface area contributed by atoms with Crippen LogP contribution in [0.15, 0.2) is 23.0 Å². The minimum Gasteiger partial charge on any atom is -0.385 e. The summed E-state index contributed by atoms with van der Waals surface area (Å²) in [6.45, 7) is 7.16. The summed E-state index contributed by atoms with van der Waals surface area (Å²) in [7, 11) is 1.99. The molecule has 0 radical (unpaired) electrons. The van der Waals surface area contributed by atoms with Crippen molar-refractivity contribution >= 4 is 5.91 Å². The molecule has 2 aliphatic rings. The van der Waals surface area contributed by atoms with Crippen LogP contribution in [0.1, 0.15) is 33.1 Å². The molecule has 0 aromatic rings. The lowest BCUT2D eigenvalue weighted by Crippen LogP contribution is -2.43. The van der Waals surface area contributed by atoms with Gasteiger partial charge in [0.05, 0.1) is 6.54 Å². The molecule has 0 bridgehead atoms. The lowest BCUT2D eigenvalue weighted by molar-refractivity contribution is -0.128. The Bertz CT molecular complexity index is 431. The molecule has 20 heavy (non-hydrogen) atoms. The van der Waals surface area contributed by atoms with Crippen LogP contribution in [0.25, 0.3) is 0 Å². The third-order valence-corrected chi connectivity index (χ3v) is 4.09. The smallest absolute Gasteiger partial charge is 0.251 e. The van der Waals surface area contributed by atoms with E-state index in [0.717, 1.165) is 49.4 Å². The van der Waals surface area contributed by atoms with Crippen LogP contribution in [0.3, 0.4) is 0 Å². The molecule has 0 saturated carbocycles. The topological polar surface area (TPSA) is 52.8 Å². The van der Waals surface area contributed by atoms with Crippen molar-refractivity contribution in [1.29, 1.82) is 0 Å². The van der Waals surface area contributed by atoms with Gasteiger partial charge in [0.15, 0.2) is 0 Å². The fraction of sp³-hybridized carbons (Fsp3) is 0.667. The van der Waals surface area contributed by atoms with E-state index in [1.54, 1.807) is 0 Å². The first-order chi connectivity index (χ1) is 9.50. The van der Waals surface area contributed by atoms with Gasteiger partial charge >= 0.3 is 0 Å². The van der Waals surface area contributed by atoms with Gasteiger partial charge in [0.1, 0.15) is 5.82 Å². The molecule has 5 heteroatoms. The Morgan fingerprint density at radius 3 is 2.40 bits per heavy atom. The van der Waals surface area contributed by atoms with Crippen molar-refractivity contribution < 1.29 is 4.79 Å². The number of rotatable bonds is 3. The highest BCUT2D eigenvalue weighted by atomic mass is 16.2. The van der Waals surface area contributed by atoms with Crippen molar-refractivity contribution in [2.24, 2.45) is 5.73 Å². The van der Waals surface area contributed by atoms with Gasteiger partial charge in [0, 0.05) is 32.3 Å². The van der Waals surface area contributed by atoms with Crippen molar-refractivity contribution in [3.05, 3.63) is 23.0 Å². The molecule has 1 amide bonds. The van der Waals surface area contributed by atoms with Gasteiger partial charge in [0.2, 0.25) is 0 Å². The third kappa shape index (κ3) is 3.15. The highest BCUT2D eigenvalue weighted by Gasteiger charge is 2.26. The first kappa shape index (κ1) is 14.9. The van der Waals surface area contributed by atoms with Crippen molar-refractivity contribution in [2.45, 2.75) is 33.1 Å². The molecule has 2 rings (SSSR count). The van der Waals surface area contributed by atoms with Gasteiger partial charge in [0.25, 0.3) is 5.91 Å².